The molecule has 150 valence electrons. The van der Waals surface area contributed by atoms with Crippen molar-refractivity contribution in [2.75, 3.05) is 5.32 Å². The molecule has 2 aliphatic rings. The number of nitrogens with one attached hydrogen (secondary N) is 1. The first-order chi connectivity index (χ1) is 14.0. The minimum Gasteiger partial charge on any atom is -0.423 e. The van der Waals surface area contributed by atoms with E-state index in [1.165, 1.54) is 6.07 Å². The second kappa shape index (κ2) is 7.43. The van der Waals surface area contributed by atoms with Crippen molar-refractivity contribution in [1.29, 1.82) is 0 Å². The molecule has 2 aromatic rings. The van der Waals surface area contributed by atoms with Gasteiger partial charge in [-0.15, -0.1) is 0 Å². The van der Waals surface area contributed by atoms with Crippen molar-refractivity contribution in [1.82, 2.24) is 0 Å². The number of ether oxygens (including phenoxy) is 1. The smallest absolute Gasteiger partial charge is 0.335 e. The number of amides is 1. The molecule has 1 aliphatic heterocycles. The molecule has 0 bridgehead atoms. The van der Waals surface area contributed by atoms with E-state index in [9.17, 15) is 18.4 Å². The van der Waals surface area contributed by atoms with Gasteiger partial charge in [0.1, 0.15) is 11.2 Å². The van der Waals surface area contributed by atoms with Crippen LogP contribution >= 0.6 is 0 Å². The van der Waals surface area contributed by atoms with Crippen molar-refractivity contribution in [3.63, 3.8) is 0 Å². The lowest BCUT2D eigenvalue weighted by atomic mass is 9.62. The van der Waals surface area contributed by atoms with Crippen LogP contribution in [0, 0.1) is 17.6 Å². The van der Waals surface area contributed by atoms with Gasteiger partial charge in [0.2, 0.25) is 5.91 Å². The summed E-state index contributed by atoms with van der Waals surface area (Å²) < 4.78 is 33.4. The molecule has 0 aromatic heterocycles. The number of fused-ring (bicyclic) bond motifs is 1. The van der Waals surface area contributed by atoms with Crippen molar-refractivity contribution in [2.45, 2.75) is 37.5 Å². The van der Waals surface area contributed by atoms with Crippen LogP contribution in [0.15, 0.2) is 49.1 Å². The molecule has 4 rings (SSSR count). The van der Waals surface area contributed by atoms with Crippen LogP contribution in [0.4, 0.5) is 14.5 Å². The second-order valence-electron chi connectivity index (χ2n) is 7.53. The van der Waals surface area contributed by atoms with Crippen molar-refractivity contribution >= 4 is 17.6 Å². The zero-order chi connectivity index (χ0) is 20.6. The first kappa shape index (κ1) is 19.3. The molecule has 1 aliphatic carbocycles. The Morgan fingerprint density at radius 1 is 1.10 bits per heavy atom. The molecule has 1 saturated carbocycles. The molecule has 6 heteroatoms. The van der Waals surface area contributed by atoms with E-state index in [0.29, 0.717) is 16.9 Å². The molecule has 4 nitrogen and oxygen atoms in total. The van der Waals surface area contributed by atoms with Crippen LogP contribution < -0.4 is 10.1 Å². The summed E-state index contributed by atoms with van der Waals surface area (Å²) in [6.45, 7) is 3.37. The standard InChI is InChI=1S/C23H21F2NO3/c1-2-19(27)29-16-10-8-15(9-11-16)23(14-6-4-3-5-7-14)17-12-13-18(24)20(25)21(17)26-22(23)28/h2,8-14H,1,3-7H2,(H,26,28). The SMILES string of the molecule is C=CC(=O)Oc1ccc(C2(C3CCCCC3)C(=O)Nc3c2ccc(F)c3F)cc1. The number of anilines is 1. The summed E-state index contributed by atoms with van der Waals surface area (Å²) in [5.41, 5.74) is -0.0532. The highest BCUT2D eigenvalue weighted by molar-refractivity contribution is 6.09. The van der Waals surface area contributed by atoms with Gasteiger partial charge in [-0.05, 0) is 48.1 Å². The molecule has 1 heterocycles. The van der Waals surface area contributed by atoms with Crippen molar-refractivity contribution in [3.8, 4) is 5.75 Å². The van der Waals surface area contributed by atoms with E-state index in [4.69, 9.17) is 4.74 Å². The Hall–Kier alpha value is -3.02. The Bertz CT molecular complexity index is 980. The summed E-state index contributed by atoms with van der Waals surface area (Å²) in [6.07, 6.45) is 5.75. The van der Waals surface area contributed by atoms with Gasteiger partial charge in [0.05, 0.1) is 5.69 Å². The number of esters is 1. The molecular weight excluding hydrogens is 376 g/mol. The lowest BCUT2D eigenvalue weighted by Gasteiger charge is -2.39. The van der Waals surface area contributed by atoms with Gasteiger partial charge in [-0.3, -0.25) is 4.79 Å². The minimum atomic E-state index is -1.11. The van der Waals surface area contributed by atoms with E-state index in [1.54, 1.807) is 24.3 Å². The third kappa shape index (κ3) is 3.03. The molecule has 0 saturated heterocycles. The Morgan fingerprint density at radius 2 is 1.79 bits per heavy atom. The van der Waals surface area contributed by atoms with Gasteiger partial charge in [-0.1, -0.05) is 44.0 Å². The molecule has 0 radical (unpaired) electrons. The maximum atomic E-state index is 14.5. The molecule has 1 amide bonds. The van der Waals surface area contributed by atoms with Gasteiger partial charge in [0, 0.05) is 6.08 Å². The molecule has 0 spiro atoms. The molecule has 2 aromatic carbocycles. The van der Waals surface area contributed by atoms with Crippen LogP contribution in [0.25, 0.3) is 0 Å². The van der Waals surface area contributed by atoms with E-state index in [0.717, 1.165) is 44.2 Å². The average Bonchev–Trinajstić information content (AvgIpc) is 3.05. The van der Waals surface area contributed by atoms with Crippen molar-refractivity contribution in [2.24, 2.45) is 5.92 Å². The quantitative estimate of drug-likeness (QED) is 0.455. The topological polar surface area (TPSA) is 55.4 Å². The summed E-state index contributed by atoms with van der Waals surface area (Å²) in [6, 6.07) is 9.23. The van der Waals surface area contributed by atoms with Gasteiger partial charge < -0.3 is 10.1 Å². The van der Waals surface area contributed by atoms with Crippen LogP contribution in [-0.4, -0.2) is 11.9 Å². The van der Waals surface area contributed by atoms with Crippen LogP contribution in [-0.2, 0) is 15.0 Å². The lowest BCUT2D eigenvalue weighted by Crippen LogP contribution is -2.43. The number of rotatable bonds is 4. The lowest BCUT2D eigenvalue weighted by molar-refractivity contribution is -0.129. The Kier molecular flexibility index (Phi) is 4.94. The van der Waals surface area contributed by atoms with E-state index in [-0.39, 0.29) is 17.5 Å². The molecule has 1 unspecified atom stereocenters. The Labute approximate surface area is 167 Å². The number of benzene rings is 2. The van der Waals surface area contributed by atoms with Gasteiger partial charge in [0.15, 0.2) is 11.6 Å². The third-order valence-electron chi connectivity index (χ3n) is 6.03. The Morgan fingerprint density at radius 3 is 2.45 bits per heavy atom. The van der Waals surface area contributed by atoms with Crippen LogP contribution in [0.2, 0.25) is 0 Å². The number of halogens is 2. The average molecular weight is 397 g/mol. The molecule has 1 atom stereocenters. The van der Waals surface area contributed by atoms with Crippen LogP contribution in [0.1, 0.15) is 43.2 Å². The molecule has 29 heavy (non-hydrogen) atoms. The normalized spacial score (nSPS) is 21.4. The monoisotopic (exact) mass is 397 g/mol. The zero-order valence-electron chi connectivity index (χ0n) is 15.8. The van der Waals surface area contributed by atoms with E-state index < -0.39 is 23.0 Å². The Balaban J connectivity index is 1.86. The highest BCUT2D eigenvalue weighted by Crippen LogP contribution is 2.53. The number of carbonyl (C=O) groups is 2. The first-order valence-corrected chi connectivity index (χ1v) is 9.73. The molecule has 1 N–H and O–H groups in total. The van der Waals surface area contributed by atoms with Crippen LogP contribution in [0.5, 0.6) is 5.75 Å². The summed E-state index contributed by atoms with van der Waals surface area (Å²) in [5, 5.41) is 2.60. The maximum absolute atomic E-state index is 14.5. The highest BCUT2D eigenvalue weighted by atomic mass is 19.2. The fourth-order valence-electron chi connectivity index (χ4n) is 4.74. The summed E-state index contributed by atoms with van der Waals surface area (Å²) in [7, 11) is 0. The zero-order valence-corrected chi connectivity index (χ0v) is 15.8. The predicted octanol–water partition coefficient (Wildman–Crippen LogP) is 4.87. The minimum absolute atomic E-state index is 0.0380. The summed E-state index contributed by atoms with van der Waals surface area (Å²) in [4.78, 5) is 24.8. The van der Waals surface area contributed by atoms with E-state index >= 15 is 0 Å². The summed E-state index contributed by atoms with van der Waals surface area (Å²) in [5.74, 6) is -2.67. The summed E-state index contributed by atoms with van der Waals surface area (Å²) >= 11 is 0. The second-order valence-corrected chi connectivity index (χ2v) is 7.53. The van der Waals surface area contributed by atoms with E-state index in [2.05, 4.69) is 11.9 Å². The van der Waals surface area contributed by atoms with Gasteiger partial charge in [-0.2, -0.15) is 0 Å². The van der Waals surface area contributed by atoms with Crippen LogP contribution in [0.3, 0.4) is 0 Å². The largest absolute Gasteiger partial charge is 0.423 e. The van der Waals surface area contributed by atoms with Crippen molar-refractivity contribution in [3.05, 3.63) is 71.8 Å². The van der Waals surface area contributed by atoms with E-state index in [1.807, 2.05) is 0 Å². The molecule has 1 fully saturated rings. The fraction of sp³-hybridized carbons (Fsp3) is 0.304. The first-order valence-electron chi connectivity index (χ1n) is 9.73. The number of carbonyl (C=O) groups excluding carboxylic acids is 2. The van der Waals surface area contributed by atoms with Gasteiger partial charge in [0.25, 0.3) is 0 Å². The van der Waals surface area contributed by atoms with Gasteiger partial charge >= 0.3 is 5.97 Å². The third-order valence-corrected chi connectivity index (χ3v) is 6.03. The highest BCUT2D eigenvalue weighted by Gasteiger charge is 2.54. The fourth-order valence-corrected chi connectivity index (χ4v) is 4.74. The number of hydrogen-bond donors (Lipinski definition) is 1. The number of hydrogen-bond acceptors (Lipinski definition) is 3. The van der Waals surface area contributed by atoms with Gasteiger partial charge in [-0.25, -0.2) is 13.6 Å². The van der Waals surface area contributed by atoms with Crippen molar-refractivity contribution < 1.29 is 23.1 Å². The predicted molar refractivity (Wildman–Crippen MR) is 105 cm³/mol. The molecular formula is C23H21F2NO3. The maximum Gasteiger partial charge on any atom is 0.335 e.